The Bertz CT molecular complexity index is 2790. The number of benzene rings is 1. The van der Waals surface area contributed by atoms with Gasteiger partial charge in [-0.05, 0) is 106 Å². The van der Waals surface area contributed by atoms with Gasteiger partial charge in [0.05, 0.1) is 23.0 Å². The number of amides is 4. The van der Waals surface area contributed by atoms with Crippen LogP contribution in [0.4, 0.5) is 30.4 Å². The van der Waals surface area contributed by atoms with Crippen molar-refractivity contribution < 1.29 is 32.3 Å². The van der Waals surface area contributed by atoms with Crippen LogP contribution in [-0.4, -0.2) is 137 Å². The number of piperidine rings is 3. The molecule has 2 unspecified atom stereocenters. The van der Waals surface area contributed by atoms with Crippen molar-refractivity contribution in [3.8, 4) is 0 Å². The normalized spacial score (nSPS) is 23.8. The van der Waals surface area contributed by atoms with Gasteiger partial charge in [0, 0.05) is 127 Å². The minimum absolute atomic E-state index is 0.115. The van der Waals surface area contributed by atoms with Gasteiger partial charge in [0.25, 0.3) is 5.56 Å². The third-order valence-electron chi connectivity index (χ3n) is 16.3. The number of hydrogen-bond acceptors (Lipinski definition) is 10. The van der Waals surface area contributed by atoms with E-state index < -0.39 is 35.2 Å². The molecule has 0 radical (unpaired) electrons. The summed E-state index contributed by atoms with van der Waals surface area (Å²) in [6.45, 7) is 12.6. The molecular weight excluding hydrogens is 914 g/mol. The van der Waals surface area contributed by atoms with Crippen LogP contribution in [0.2, 0.25) is 0 Å². The van der Waals surface area contributed by atoms with Gasteiger partial charge in [0.15, 0.2) is 5.82 Å². The molecule has 0 bridgehead atoms. The summed E-state index contributed by atoms with van der Waals surface area (Å²) in [5.41, 5.74) is 4.54. The molecule has 0 saturated carbocycles. The highest BCUT2D eigenvalue weighted by Gasteiger charge is 2.49. The summed E-state index contributed by atoms with van der Waals surface area (Å²) in [6.07, 6.45) is 6.08. The second kappa shape index (κ2) is 19.6. The first-order valence-corrected chi connectivity index (χ1v) is 25.3. The standard InChI is InChI=1S/C53H65F3N10O5/c1-53(2)38-23-33(5-6-44(38)66(52(53)71)45-7-8-46(67)59-50(45)69)29-63-21-19-62(20-22-63)28-32-10-17-64(18-11-32)51(70)35-24-39(54)48(40(55)25-35)34-12-15-61(16-13-34)30-36-26-37-43(9-14-58-49(37)60(36)4)65-31-41(56)42(57-3)27-47(65)68/h5-6,9,23-24,26-27,31-32,34,40,45,57-58H,7-8,10-22,25,28-30H2,1-4H3,(H,59,67,69). The molecule has 2 atom stereocenters. The first-order valence-electron chi connectivity index (χ1n) is 25.3. The van der Waals surface area contributed by atoms with Crippen molar-refractivity contribution in [3.63, 3.8) is 0 Å². The van der Waals surface area contributed by atoms with Crippen LogP contribution in [0, 0.1) is 17.7 Å². The molecule has 15 nitrogen and oxygen atoms in total. The van der Waals surface area contributed by atoms with E-state index in [0.717, 1.165) is 86.0 Å². The van der Waals surface area contributed by atoms with E-state index in [0.29, 0.717) is 70.1 Å². The van der Waals surface area contributed by atoms with E-state index in [2.05, 4.69) is 36.7 Å². The average molecular weight is 979 g/mol. The molecule has 1 aliphatic carbocycles. The zero-order valence-corrected chi connectivity index (χ0v) is 41.2. The zero-order chi connectivity index (χ0) is 49.9. The Kier molecular flexibility index (Phi) is 13.4. The summed E-state index contributed by atoms with van der Waals surface area (Å²) in [5, 5.41) is 8.48. The van der Waals surface area contributed by atoms with Crippen molar-refractivity contribution in [2.75, 3.05) is 88.0 Å². The molecule has 4 fully saturated rings. The summed E-state index contributed by atoms with van der Waals surface area (Å²) >= 11 is 0. The van der Waals surface area contributed by atoms with E-state index in [1.807, 2.05) is 49.7 Å². The number of hydrogen-bond donors (Lipinski definition) is 3. The Balaban J connectivity index is 0.680. The Morgan fingerprint density at radius 3 is 2.30 bits per heavy atom. The monoisotopic (exact) mass is 979 g/mol. The van der Waals surface area contributed by atoms with Crippen molar-refractivity contribution in [1.29, 1.82) is 0 Å². The number of imide groups is 1. The van der Waals surface area contributed by atoms with E-state index in [1.54, 1.807) is 16.8 Å². The lowest BCUT2D eigenvalue weighted by atomic mass is 9.81. The number of halogens is 3. The molecular formula is C53H65F3N10O5. The van der Waals surface area contributed by atoms with Gasteiger partial charge in [-0.15, -0.1) is 0 Å². The molecule has 71 heavy (non-hydrogen) atoms. The number of allylic oxidation sites excluding steroid dienone is 3. The van der Waals surface area contributed by atoms with Crippen LogP contribution in [0.3, 0.4) is 0 Å². The SMILES string of the molecule is CNc1cc(=O)n(C2=CCNc3c2cc(CN2CCC(C4=C(F)C=C(C(=O)N5CCC(CN6CCN(Cc7ccc8c(c7)C(C)(C)C(=O)N8C7CCC(=O)NC7=O)CC6)CC5)CC4F)CC2)n3C)cc1F. The van der Waals surface area contributed by atoms with Gasteiger partial charge in [0.2, 0.25) is 23.6 Å². The third kappa shape index (κ3) is 9.38. The van der Waals surface area contributed by atoms with Crippen molar-refractivity contribution >= 4 is 46.5 Å². The van der Waals surface area contributed by atoms with Gasteiger partial charge in [0.1, 0.15) is 23.9 Å². The number of aromatic nitrogens is 2. The smallest absolute Gasteiger partial charge is 0.257 e. The van der Waals surface area contributed by atoms with Crippen molar-refractivity contribution in [2.24, 2.45) is 18.9 Å². The minimum atomic E-state index is -1.55. The van der Waals surface area contributed by atoms with E-state index in [-0.39, 0.29) is 58.9 Å². The van der Waals surface area contributed by atoms with Gasteiger partial charge in [-0.2, -0.15) is 0 Å². The number of anilines is 3. The predicted octanol–water partition coefficient (Wildman–Crippen LogP) is 5.27. The van der Waals surface area contributed by atoms with Crippen LogP contribution in [0.1, 0.15) is 81.2 Å². The summed E-state index contributed by atoms with van der Waals surface area (Å²) < 4.78 is 50.0. The number of likely N-dealkylation sites (tertiary alicyclic amines) is 2. The highest BCUT2D eigenvalue weighted by atomic mass is 19.1. The van der Waals surface area contributed by atoms with Crippen LogP contribution >= 0.6 is 0 Å². The molecule has 4 amide bonds. The van der Waals surface area contributed by atoms with Gasteiger partial charge in [-0.25, -0.2) is 13.2 Å². The number of rotatable bonds is 11. The second-order valence-electron chi connectivity index (χ2n) is 21.0. The highest BCUT2D eigenvalue weighted by molar-refractivity contribution is 6.13. The molecule has 3 N–H and O–H groups in total. The molecule has 378 valence electrons. The Hall–Kier alpha value is -5.98. The lowest BCUT2D eigenvalue weighted by Gasteiger charge is -2.39. The molecule has 2 aromatic heterocycles. The molecule has 0 spiro atoms. The predicted molar refractivity (Wildman–Crippen MR) is 265 cm³/mol. The number of piperazine rings is 1. The van der Waals surface area contributed by atoms with Gasteiger partial charge in [-0.1, -0.05) is 12.1 Å². The van der Waals surface area contributed by atoms with Crippen LogP contribution in [0.5, 0.6) is 0 Å². The van der Waals surface area contributed by atoms with E-state index in [1.165, 1.54) is 22.9 Å². The molecule has 1 aromatic carbocycles. The minimum Gasteiger partial charge on any atom is -0.386 e. The largest absolute Gasteiger partial charge is 0.386 e. The average Bonchev–Trinajstić information content (AvgIpc) is 3.77. The Labute approximate surface area is 412 Å². The van der Waals surface area contributed by atoms with Crippen molar-refractivity contribution in [2.45, 2.75) is 89.5 Å². The summed E-state index contributed by atoms with van der Waals surface area (Å²) in [7, 11) is 3.52. The molecule has 18 heteroatoms. The number of nitrogens with zero attached hydrogens (tertiary/aromatic N) is 7. The van der Waals surface area contributed by atoms with Gasteiger partial charge < -0.3 is 25.0 Å². The number of nitrogens with one attached hydrogen (secondary N) is 3. The Morgan fingerprint density at radius 1 is 0.873 bits per heavy atom. The fourth-order valence-corrected chi connectivity index (χ4v) is 12.1. The maximum atomic E-state index is 16.0. The van der Waals surface area contributed by atoms with Crippen LogP contribution < -0.4 is 26.4 Å². The van der Waals surface area contributed by atoms with Crippen molar-refractivity contribution in [1.82, 2.24) is 34.1 Å². The summed E-state index contributed by atoms with van der Waals surface area (Å²) in [5.74, 6) is -1.27. The van der Waals surface area contributed by atoms with Crippen LogP contribution in [0.25, 0.3) is 5.70 Å². The number of carbonyl (C=O) groups is 4. The lowest BCUT2D eigenvalue weighted by molar-refractivity contribution is -0.136. The number of pyridine rings is 1. The molecule has 4 saturated heterocycles. The van der Waals surface area contributed by atoms with E-state index in [4.69, 9.17) is 0 Å². The van der Waals surface area contributed by atoms with E-state index in [9.17, 15) is 28.4 Å². The molecule has 10 rings (SSSR count). The quantitative estimate of drug-likeness (QED) is 0.217. The molecule has 3 aromatic rings. The number of fused-ring (bicyclic) bond motifs is 2. The van der Waals surface area contributed by atoms with E-state index >= 15 is 8.78 Å². The zero-order valence-electron chi connectivity index (χ0n) is 41.2. The van der Waals surface area contributed by atoms with Gasteiger partial charge in [-0.3, -0.25) is 48.6 Å². The van der Waals surface area contributed by atoms with Crippen molar-refractivity contribution in [3.05, 3.63) is 104 Å². The van der Waals surface area contributed by atoms with Gasteiger partial charge >= 0.3 is 0 Å². The topological polar surface area (TPSA) is 148 Å². The number of carbonyl (C=O) groups excluding carboxylic acids is 4. The molecule has 6 aliphatic heterocycles. The van der Waals surface area contributed by atoms with Crippen LogP contribution in [0.15, 0.2) is 70.4 Å². The first-order chi connectivity index (χ1) is 34.1. The third-order valence-corrected chi connectivity index (χ3v) is 16.3. The van der Waals surface area contributed by atoms with Crippen LogP contribution in [-0.2, 0) is 44.7 Å². The first kappa shape index (κ1) is 48.6. The Morgan fingerprint density at radius 2 is 1.59 bits per heavy atom. The highest BCUT2D eigenvalue weighted by Crippen LogP contribution is 2.45. The lowest BCUT2D eigenvalue weighted by Crippen LogP contribution is -2.55. The maximum Gasteiger partial charge on any atom is 0.257 e. The fourth-order valence-electron chi connectivity index (χ4n) is 12.1. The maximum absolute atomic E-state index is 16.0. The second-order valence-corrected chi connectivity index (χ2v) is 21.0. The molecule has 7 aliphatic rings. The summed E-state index contributed by atoms with van der Waals surface area (Å²) in [4.78, 5) is 75.3. The molecule has 8 heterocycles. The summed E-state index contributed by atoms with van der Waals surface area (Å²) in [6, 6.07) is 8.65. The fraction of sp³-hybridized carbons (Fsp3) is 0.528. The number of alkyl halides is 1.